The molecule has 3 rings (SSSR count). The summed E-state index contributed by atoms with van der Waals surface area (Å²) in [5.41, 5.74) is -0.390. The van der Waals surface area contributed by atoms with Crippen molar-refractivity contribution in [2.45, 2.75) is 64.5 Å². The normalized spacial score (nSPS) is 32.4. The molecule has 3 nitrogen and oxygen atoms in total. The Kier molecular flexibility index (Phi) is 3.37. The maximum absolute atomic E-state index is 12.0. The quantitative estimate of drug-likeness (QED) is 0.701. The first-order valence-electron chi connectivity index (χ1n) is 6.82. The second-order valence-electron chi connectivity index (χ2n) is 6.68. The molecule has 0 heterocycles. The van der Waals surface area contributed by atoms with Gasteiger partial charge in [0.2, 0.25) is 0 Å². The molecule has 3 saturated carbocycles. The fourth-order valence-corrected chi connectivity index (χ4v) is 3.29. The van der Waals surface area contributed by atoms with Gasteiger partial charge in [-0.05, 0) is 51.9 Å². The number of rotatable bonds is 1. The molecule has 0 spiro atoms. The minimum atomic E-state index is -0.390. The number of carbonyl (C=O) groups excluding carboxylic acids is 1. The van der Waals surface area contributed by atoms with Gasteiger partial charge in [-0.3, -0.25) is 0 Å². The Hall–Kier alpha value is -0.730. The van der Waals surface area contributed by atoms with Crippen LogP contribution in [-0.4, -0.2) is 29.7 Å². The van der Waals surface area contributed by atoms with Crippen molar-refractivity contribution < 1.29 is 9.53 Å². The first kappa shape index (κ1) is 12.7. The molecule has 17 heavy (non-hydrogen) atoms. The zero-order valence-corrected chi connectivity index (χ0v) is 11.5. The molecule has 3 aliphatic carbocycles. The van der Waals surface area contributed by atoms with Crippen LogP contribution in [0.3, 0.4) is 0 Å². The van der Waals surface area contributed by atoms with E-state index in [9.17, 15) is 4.79 Å². The second-order valence-corrected chi connectivity index (χ2v) is 6.68. The van der Waals surface area contributed by atoms with Gasteiger partial charge in [0, 0.05) is 13.1 Å². The fraction of sp³-hybridized carbons (Fsp3) is 0.929. The summed E-state index contributed by atoms with van der Waals surface area (Å²) in [5, 5.41) is 0. The van der Waals surface area contributed by atoms with Crippen LogP contribution in [0.2, 0.25) is 0 Å². The first-order valence-corrected chi connectivity index (χ1v) is 6.82. The van der Waals surface area contributed by atoms with Crippen molar-refractivity contribution in [3.8, 4) is 0 Å². The monoisotopic (exact) mass is 239 g/mol. The van der Waals surface area contributed by atoms with Gasteiger partial charge in [-0.1, -0.05) is 12.8 Å². The number of hydrogen-bond donors (Lipinski definition) is 0. The molecular weight excluding hydrogens is 214 g/mol. The highest BCUT2D eigenvalue weighted by Gasteiger charge is 2.39. The lowest BCUT2D eigenvalue weighted by Crippen LogP contribution is -2.49. The van der Waals surface area contributed by atoms with Crippen LogP contribution >= 0.6 is 0 Å². The van der Waals surface area contributed by atoms with Gasteiger partial charge in [0.15, 0.2) is 0 Å². The predicted octanol–water partition coefficient (Wildman–Crippen LogP) is 3.43. The van der Waals surface area contributed by atoms with Crippen LogP contribution in [0.15, 0.2) is 0 Å². The van der Waals surface area contributed by atoms with Crippen molar-refractivity contribution in [2.24, 2.45) is 11.8 Å². The smallest absolute Gasteiger partial charge is 0.410 e. The summed E-state index contributed by atoms with van der Waals surface area (Å²) < 4.78 is 5.45. The fourth-order valence-electron chi connectivity index (χ4n) is 3.29. The molecule has 0 aromatic carbocycles. The van der Waals surface area contributed by atoms with E-state index in [1.54, 1.807) is 0 Å². The van der Waals surface area contributed by atoms with Gasteiger partial charge in [0.05, 0.1) is 0 Å². The van der Waals surface area contributed by atoms with Gasteiger partial charge in [0.1, 0.15) is 5.60 Å². The molecule has 3 aliphatic rings. The zero-order chi connectivity index (χ0) is 12.6. The SMILES string of the molecule is CN(C(=O)OC(C)(C)C)C1CC2CCC1CC2. The number of hydrogen-bond acceptors (Lipinski definition) is 2. The van der Waals surface area contributed by atoms with Crippen molar-refractivity contribution in [1.82, 2.24) is 4.90 Å². The van der Waals surface area contributed by atoms with E-state index >= 15 is 0 Å². The second kappa shape index (κ2) is 4.51. The summed E-state index contributed by atoms with van der Waals surface area (Å²) >= 11 is 0. The third-order valence-electron chi connectivity index (χ3n) is 4.19. The van der Waals surface area contributed by atoms with Crippen molar-refractivity contribution in [1.29, 1.82) is 0 Å². The van der Waals surface area contributed by atoms with Gasteiger partial charge in [-0.25, -0.2) is 4.79 Å². The van der Waals surface area contributed by atoms with E-state index < -0.39 is 0 Å². The van der Waals surface area contributed by atoms with Gasteiger partial charge < -0.3 is 9.64 Å². The number of ether oxygens (including phenoxy) is 1. The molecule has 0 aliphatic heterocycles. The van der Waals surface area contributed by atoms with Crippen LogP contribution in [0.1, 0.15) is 52.9 Å². The number of carbonyl (C=O) groups is 1. The number of nitrogens with zero attached hydrogens (tertiary/aromatic N) is 1. The molecule has 98 valence electrons. The molecule has 1 atom stereocenters. The molecule has 3 fully saturated rings. The summed E-state index contributed by atoms with van der Waals surface area (Å²) in [6, 6.07) is 0.414. The van der Waals surface area contributed by atoms with Crippen LogP contribution in [-0.2, 0) is 4.74 Å². The molecule has 1 unspecified atom stereocenters. The zero-order valence-electron chi connectivity index (χ0n) is 11.5. The maximum atomic E-state index is 12.0. The maximum Gasteiger partial charge on any atom is 0.410 e. The highest BCUT2D eigenvalue weighted by atomic mass is 16.6. The van der Waals surface area contributed by atoms with Crippen LogP contribution in [0.25, 0.3) is 0 Å². The van der Waals surface area contributed by atoms with Gasteiger partial charge in [-0.2, -0.15) is 0 Å². The minimum Gasteiger partial charge on any atom is -0.444 e. The third-order valence-corrected chi connectivity index (χ3v) is 4.19. The average Bonchev–Trinajstić information content (AvgIpc) is 2.27. The van der Waals surface area contributed by atoms with E-state index in [1.807, 2.05) is 32.7 Å². The Morgan fingerprint density at radius 1 is 1.18 bits per heavy atom. The number of amides is 1. The van der Waals surface area contributed by atoms with Crippen LogP contribution < -0.4 is 0 Å². The summed E-state index contributed by atoms with van der Waals surface area (Å²) in [5.74, 6) is 1.55. The van der Waals surface area contributed by atoms with E-state index in [0.717, 1.165) is 5.92 Å². The largest absolute Gasteiger partial charge is 0.444 e. The lowest BCUT2D eigenvalue weighted by molar-refractivity contribution is -0.00380. The van der Waals surface area contributed by atoms with Crippen molar-refractivity contribution >= 4 is 6.09 Å². The third kappa shape index (κ3) is 2.93. The Morgan fingerprint density at radius 3 is 2.18 bits per heavy atom. The Labute approximate surface area is 105 Å². The molecule has 0 N–H and O–H groups in total. The highest BCUT2D eigenvalue weighted by molar-refractivity contribution is 5.68. The Morgan fingerprint density at radius 2 is 1.76 bits per heavy atom. The molecule has 0 aromatic heterocycles. The van der Waals surface area contributed by atoms with Gasteiger partial charge >= 0.3 is 6.09 Å². The van der Waals surface area contributed by atoms with E-state index in [1.165, 1.54) is 32.1 Å². The molecule has 0 saturated heterocycles. The Balaban J connectivity index is 1.95. The lowest BCUT2D eigenvalue weighted by Gasteiger charge is -2.46. The number of fused-ring (bicyclic) bond motifs is 3. The van der Waals surface area contributed by atoms with E-state index in [2.05, 4.69) is 0 Å². The average molecular weight is 239 g/mol. The molecule has 3 heteroatoms. The van der Waals surface area contributed by atoms with E-state index in [0.29, 0.717) is 12.0 Å². The molecule has 0 aromatic rings. The van der Waals surface area contributed by atoms with Gasteiger partial charge in [-0.15, -0.1) is 0 Å². The summed E-state index contributed by atoms with van der Waals surface area (Å²) in [6.07, 6.45) is 6.34. The van der Waals surface area contributed by atoms with Crippen LogP contribution in [0.5, 0.6) is 0 Å². The molecule has 2 bridgehead atoms. The van der Waals surface area contributed by atoms with Crippen molar-refractivity contribution in [2.75, 3.05) is 7.05 Å². The first-order chi connectivity index (χ1) is 7.87. The lowest BCUT2D eigenvalue weighted by atomic mass is 9.67. The summed E-state index contributed by atoms with van der Waals surface area (Å²) in [4.78, 5) is 13.9. The van der Waals surface area contributed by atoms with Crippen molar-refractivity contribution in [3.63, 3.8) is 0 Å². The standard InChI is InChI=1S/C14H25NO2/c1-14(2,3)17-13(16)15(4)12-9-10-5-7-11(12)8-6-10/h10-12H,5-9H2,1-4H3. The highest BCUT2D eigenvalue weighted by Crippen LogP contribution is 2.43. The summed E-state index contributed by atoms with van der Waals surface area (Å²) in [7, 11) is 1.90. The predicted molar refractivity (Wildman–Crippen MR) is 67.9 cm³/mol. The van der Waals surface area contributed by atoms with Crippen LogP contribution in [0, 0.1) is 11.8 Å². The molecule has 1 amide bonds. The van der Waals surface area contributed by atoms with Crippen molar-refractivity contribution in [3.05, 3.63) is 0 Å². The Bertz CT molecular complexity index is 287. The summed E-state index contributed by atoms with van der Waals surface area (Å²) in [6.45, 7) is 5.77. The van der Waals surface area contributed by atoms with Gasteiger partial charge in [0.25, 0.3) is 0 Å². The molecular formula is C14H25NO2. The van der Waals surface area contributed by atoms with Crippen LogP contribution in [0.4, 0.5) is 4.79 Å². The molecule has 0 radical (unpaired) electrons. The minimum absolute atomic E-state index is 0.157. The topological polar surface area (TPSA) is 29.5 Å². The van der Waals surface area contributed by atoms with E-state index in [4.69, 9.17) is 4.74 Å². The van der Waals surface area contributed by atoms with E-state index in [-0.39, 0.29) is 11.7 Å².